The number of allylic oxidation sites excluding steroid dienone is 1. The standard InChI is InChI=1S/C26H30N10O2/c1-14(32-25(37)22-23(29)33-34-24(22)30)20-11-17-6-4-5-16(7-8-18-13-31-35(3)15(18)2)21(17)26(38)36(20)10-9-19(28)12-27/h4-6,11-14H,9-10,27-28H2,1-3H3,(H,32,37)(H5,29,30,33,34)/b19-12-/t14-/m0/s1. The number of aromatic amines is 1. The highest BCUT2D eigenvalue weighted by atomic mass is 16.2. The molecule has 0 bridgehead atoms. The number of benzene rings is 1. The van der Waals surface area contributed by atoms with E-state index >= 15 is 0 Å². The number of nitrogens with two attached hydrogens (primary N) is 4. The number of nitrogens with one attached hydrogen (secondary N) is 2. The van der Waals surface area contributed by atoms with E-state index in [0.717, 1.165) is 11.3 Å². The molecule has 0 aliphatic rings. The van der Waals surface area contributed by atoms with Crippen LogP contribution in [-0.4, -0.2) is 30.5 Å². The zero-order valence-corrected chi connectivity index (χ0v) is 21.4. The number of nitrogens with zero attached hydrogens (tertiary/aromatic N) is 4. The average molecular weight is 515 g/mol. The molecule has 4 rings (SSSR count). The molecule has 196 valence electrons. The number of fused-ring (bicyclic) bond motifs is 1. The number of H-pyrrole nitrogens is 1. The molecule has 0 saturated carbocycles. The number of carbonyl (C=O) groups is 1. The van der Waals surface area contributed by atoms with E-state index in [9.17, 15) is 9.59 Å². The Labute approximate surface area is 218 Å². The minimum absolute atomic E-state index is 0.0176. The van der Waals surface area contributed by atoms with Gasteiger partial charge in [-0.15, -0.1) is 0 Å². The second kappa shape index (κ2) is 10.4. The van der Waals surface area contributed by atoms with Gasteiger partial charge in [0.1, 0.15) is 11.4 Å². The topological polar surface area (TPSA) is 202 Å². The van der Waals surface area contributed by atoms with Crippen LogP contribution in [0.1, 0.15) is 52.3 Å². The Morgan fingerprint density at radius 3 is 2.63 bits per heavy atom. The van der Waals surface area contributed by atoms with Crippen molar-refractivity contribution in [1.82, 2.24) is 29.9 Å². The van der Waals surface area contributed by atoms with Crippen molar-refractivity contribution in [3.05, 3.63) is 80.8 Å². The van der Waals surface area contributed by atoms with Crippen LogP contribution in [0, 0.1) is 18.8 Å². The minimum atomic E-state index is -0.593. The lowest BCUT2D eigenvalue weighted by Crippen LogP contribution is -2.33. The molecule has 0 aliphatic heterocycles. The number of rotatable bonds is 6. The monoisotopic (exact) mass is 514 g/mol. The van der Waals surface area contributed by atoms with Crippen LogP contribution in [0.25, 0.3) is 10.8 Å². The van der Waals surface area contributed by atoms with Crippen LogP contribution >= 0.6 is 0 Å². The summed E-state index contributed by atoms with van der Waals surface area (Å²) in [5.74, 6) is 5.77. The molecule has 0 aliphatic carbocycles. The maximum absolute atomic E-state index is 13.9. The summed E-state index contributed by atoms with van der Waals surface area (Å²) in [4.78, 5) is 26.8. The number of aryl methyl sites for hydroxylation is 1. The second-order valence-electron chi connectivity index (χ2n) is 8.90. The second-order valence-corrected chi connectivity index (χ2v) is 8.90. The first kappa shape index (κ1) is 25.9. The molecule has 38 heavy (non-hydrogen) atoms. The molecule has 0 radical (unpaired) electrons. The van der Waals surface area contributed by atoms with Crippen molar-refractivity contribution in [2.45, 2.75) is 32.9 Å². The van der Waals surface area contributed by atoms with Gasteiger partial charge in [0.15, 0.2) is 5.82 Å². The van der Waals surface area contributed by atoms with Crippen molar-refractivity contribution in [3.63, 3.8) is 0 Å². The number of hydrogen-bond acceptors (Lipinski definition) is 8. The molecule has 0 fully saturated rings. The van der Waals surface area contributed by atoms with Gasteiger partial charge in [0.05, 0.1) is 28.9 Å². The molecule has 3 aromatic heterocycles. The van der Waals surface area contributed by atoms with Crippen molar-refractivity contribution in [2.75, 3.05) is 11.5 Å². The van der Waals surface area contributed by atoms with E-state index in [0.29, 0.717) is 34.1 Å². The van der Waals surface area contributed by atoms with E-state index in [4.69, 9.17) is 22.9 Å². The number of nitrogen functional groups attached to an aromatic ring is 2. The van der Waals surface area contributed by atoms with Gasteiger partial charge in [0.25, 0.3) is 11.5 Å². The molecule has 1 atom stereocenters. The fourth-order valence-corrected chi connectivity index (χ4v) is 4.14. The van der Waals surface area contributed by atoms with Gasteiger partial charge in [-0.1, -0.05) is 24.0 Å². The van der Waals surface area contributed by atoms with Crippen molar-refractivity contribution in [2.24, 2.45) is 18.5 Å². The van der Waals surface area contributed by atoms with Gasteiger partial charge in [-0.05, 0) is 31.4 Å². The lowest BCUT2D eigenvalue weighted by atomic mass is 10.0. The summed E-state index contributed by atoms with van der Waals surface area (Å²) in [6, 6.07) is 6.73. The zero-order chi connectivity index (χ0) is 27.6. The number of hydrogen-bond donors (Lipinski definition) is 6. The van der Waals surface area contributed by atoms with Gasteiger partial charge in [-0.25, -0.2) is 0 Å². The summed E-state index contributed by atoms with van der Waals surface area (Å²) in [6.45, 7) is 3.93. The first-order valence-electron chi connectivity index (χ1n) is 11.9. The Morgan fingerprint density at radius 2 is 2.00 bits per heavy atom. The van der Waals surface area contributed by atoms with E-state index in [-0.39, 0.29) is 29.3 Å². The Hall–Kier alpha value is -5.18. The summed E-state index contributed by atoms with van der Waals surface area (Å²) in [6.07, 6.45) is 3.32. The summed E-state index contributed by atoms with van der Waals surface area (Å²) in [5.41, 5.74) is 26.1. The normalized spacial score (nSPS) is 12.2. The number of carbonyl (C=O) groups excluding carboxylic acids is 1. The summed E-state index contributed by atoms with van der Waals surface area (Å²) in [5, 5.41) is 14.5. The smallest absolute Gasteiger partial charge is 0.259 e. The Balaban J connectivity index is 1.82. The predicted octanol–water partition coefficient (Wildman–Crippen LogP) is 0.971. The first-order chi connectivity index (χ1) is 18.1. The van der Waals surface area contributed by atoms with Crippen molar-refractivity contribution >= 4 is 28.3 Å². The molecule has 12 heteroatoms. The molecule has 4 aromatic rings. The summed E-state index contributed by atoms with van der Waals surface area (Å²) < 4.78 is 3.31. The van der Waals surface area contributed by atoms with Crippen molar-refractivity contribution in [1.29, 1.82) is 0 Å². The van der Waals surface area contributed by atoms with Gasteiger partial charge in [0, 0.05) is 43.2 Å². The molecular formula is C26H30N10O2. The van der Waals surface area contributed by atoms with Gasteiger partial charge in [-0.3, -0.25) is 19.4 Å². The number of pyridine rings is 1. The van der Waals surface area contributed by atoms with Gasteiger partial charge in [-0.2, -0.15) is 10.2 Å². The fraction of sp³-hybridized carbons (Fsp3) is 0.231. The third kappa shape index (κ3) is 4.90. The zero-order valence-electron chi connectivity index (χ0n) is 21.4. The Morgan fingerprint density at radius 1 is 1.26 bits per heavy atom. The third-order valence-electron chi connectivity index (χ3n) is 6.42. The van der Waals surface area contributed by atoms with Crippen LogP contribution in [0.4, 0.5) is 11.6 Å². The van der Waals surface area contributed by atoms with Crippen LogP contribution in [0.5, 0.6) is 0 Å². The quantitative estimate of drug-likeness (QED) is 0.204. The summed E-state index contributed by atoms with van der Waals surface area (Å²) >= 11 is 0. The number of amides is 1. The van der Waals surface area contributed by atoms with E-state index in [1.165, 1.54) is 6.20 Å². The van der Waals surface area contributed by atoms with E-state index < -0.39 is 11.9 Å². The van der Waals surface area contributed by atoms with Crippen LogP contribution in [0.2, 0.25) is 0 Å². The molecule has 0 saturated heterocycles. The highest BCUT2D eigenvalue weighted by Gasteiger charge is 2.22. The lowest BCUT2D eigenvalue weighted by Gasteiger charge is -2.21. The van der Waals surface area contributed by atoms with Crippen LogP contribution < -0.4 is 33.8 Å². The maximum atomic E-state index is 13.9. The van der Waals surface area contributed by atoms with Crippen LogP contribution in [-0.2, 0) is 13.6 Å². The molecule has 1 amide bonds. The lowest BCUT2D eigenvalue weighted by molar-refractivity contribution is 0.0940. The average Bonchev–Trinajstić information content (AvgIpc) is 3.40. The number of anilines is 2. The molecule has 12 nitrogen and oxygen atoms in total. The van der Waals surface area contributed by atoms with Gasteiger partial charge < -0.3 is 32.8 Å². The van der Waals surface area contributed by atoms with Crippen molar-refractivity contribution in [3.8, 4) is 11.8 Å². The Kier molecular flexibility index (Phi) is 7.11. The molecular weight excluding hydrogens is 484 g/mol. The van der Waals surface area contributed by atoms with E-state index in [1.54, 1.807) is 28.4 Å². The highest BCUT2D eigenvalue weighted by molar-refractivity contribution is 6.02. The van der Waals surface area contributed by atoms with Crippen LogP contribution in [0.15, 0.2) is 47.2 Å². The third-order valence-corrected chi connectivity index (χ3v) is 6.42. The predicted molar refractivity (Wildman–Crippen MR) is 147 cm³/mol. The SMILES string of the molecule is Cc1c(C#Cc2cccc3cc([C@H](C)NC(=O)c4c(N)n[nH]c4N)n(CC/C(N)=C/N)c(=O)c23)cnn1C. The Bertz CT molecular complexity index is 1660. The van der Waals surface area contributed by atoms with E-state index in [1.807, 2.05) is 32.2 Å². The first-order valence-corrected chi connectivity index (χ1v) is 11.9. The van der Waals surface area contributed by atoms with Gasteiger partial charge in [0.2, 0.25) is 0 Å². The largest absolute Gasteiger partial charge is 0.403 e. The van der Waals surface area contributed by atoms with Gasteiger partial charge >= 0.3 is 0 Å². The molecule has 0 spiro atoms. The van der Waals surface area contributed by atoms with E-state index in [2.05, 4.69) is 32.5 Å². The molecule has 1 aromatic carbocycles. The highest BCUT2D eigenvalue weighted by Crippen LogP contribution is 2.23. The van der Waals surface area contributed by atoms with Crippen molar-refractivity contribution < 1.29 is 4.79 Å². The minimum Gasteiger partial charge on any atom is -0.403 e. The molecule has 3 heterocycles. The summed E-state index contributed by atoms with van der Waals surface area (Å²) in [7, 11) is 1.84. The molecule has 10 N–H and O–H groups in total. The maximum Gasteiger partial charge on any atom is 0.259 e. The number of aromatic nitrogens is 5. The fourth-order valence-electron chi connectivity index (χ4n) is 4.14. The molecule has 0 unspecified atom stereocenters. The van der Waals surface area contributed by atoms with Crippen LogP contribution in [0.3, 0.4) is 0 Å².